The molecule has 0 aliphatic rings. The predicted molar refractivity (Wildman–Crippen MR) is 74.3 cm³/mol. The van der Waals surface area contributed by atoms with E-state index in [1.807, 2.05) is 6.92 Å². The van der Waals surface area contributed by atoms with Crippen molar-refractivity contribution < 1.29 is 0 Å². The van der Waals surface area contributed by atoms with Crippen molar-refractivity contribution in [3.05, 3.63) is 38.4 Å². The minimum atomic E-state index is 0.388. The van der Waals surface area contributed by atoms with E-state index in [9.17, 15) is 0 Å². The van der Waals surface area contributed by atoms with Gasteiger partial charge in [0.1, 0.15) is 5.82 Å². The molecule has 0 bridgehead atoms. The number of aryl methyl sites for hydroxylation is 1. The number of anilines is 1. The third kappa shape index (κ3) is 2.54. The van der Waals surface area contributed by atoms with Gasteiger partial charge in [-0.1, -0.05) is 23.2 Å². The molecule has 0 unspecified atom stereocenters. The first-order chi connectivity index (χ1) is 7.99. The molecule has 0 spiro atoms. The maximum Gasteiger partial charge on any atom is 0.163 e. The standard InChI is InChI=1S/C11H8BrCl2N3/c1-5-9(12)10(15)17-11(16-5)7-3-2-6(13)4-8(7)14/h2-4H,1H3,(H2,15,16,17). The summed E-state index contributed by atoms with van der Waals surface area (Å²) in [6.07, 6.45) is 0. The molecule has 0 fully saturated rings. The zero-order chi connectivity index (χ0) is 12.6. The second-order valence-electron chi connectivity index (χ2n) is 3.46. The van der Waals surface area contributed by atoms with Gasteiger partial charge in [-0.2, -0.15) is 0 Å². The van der Waals surface area contributed by atoms with E-state index < -0.39 is 0 Å². The van der Waals surface area contributed by atoms with E-state index in [1.54, 1.807) is 18.2 Å². The Labute approximate surface area is 117 Å². The number of hydrogen-bond acceptors (Lipinski definition) is 3. The average molecular weight is 333 g/mol. The molecule has 17 heavy (non-hydrogen) atoms. The smallest absolute Gasteiger partial charge is 0.163 e. The van der Waals surface area contributed by atoms with E-state index in [4.69, 9.17) is 28.9 Å². The van der Waals surface area contributed by atoms with Crippen molar-refractivity contribution in [3.63, 3.8) is 0 Å². The first kappa shape index (κ1) is 12.6. The number of rotatable bonds is 1. The summed E-state index contributed by atoms with van der Waals surface area (Å²) in [5, 5.41) is 1.07. The lowest BCUT2D eigenvalue weighted by Crippen LogP contribution is -2.00. The lowest BCUT2D eigenvalue weighted by Gasteiger charge is -2.07. The monoisotopic (exact) mass is 331 g/mol. The second kappa shape index (κ2) is 4.80. The van der Waals surface area contributed by atoms with Crippen molar-refractivity contribution in [2.75, 3.05) is 5.73 Å². The van der Waals surface area contributed by atoms with Crippen LogP contribution in [0.4, 0.5) is 5.82 Å². The highest BCUT2D eigenvalue weighted by atomic mass is 79.9. The first-order valence-corrected chi connectivity index (χ1v) is 6.29. The third-order valence-electron chi connectivity index (χ3n) is 2.21. The van der Waals surface area contributed by atoms with E-state index in [1.165, 1.54) is 0 Å². The van der Waals surface area contributed by atoms with Gasteiger partial charge >= 0.3 is 0 Å². The SMILES string of the molecule is Cc1nc(-c2ccc(Cl)cc2Cl)nc(N)c1Br. The Morgan fingerprint density at radius 3 is 2.53 bits per heavy atom. The van der Waals surface area contributed by atoms with Crippen LogP contribution in [-0.2, 0) is 0 Å². The molecule has 0 aliphatic carbocycles. The number of hydrogen-bond donors (Lipinski definition) is 1. The van der Waals surface area contributed by atoms with Crippen molar-refractivity contribution >= 4 is 44.9 Å². The third-order valence-corrected chi connectivity index (χ3v) is 3.74. The van der Waals surface area contributed by atoms with Gasteiger partial charge in [-0.25, -0.2) is 9.97 Å². The van der Waals surface area contributed by atoms with Gasteiger partial charge in [0.2, 0.25) is 0 Å². The van der Waals surface area contributed by atoms with Gasteiger partial charge < -0.3 is 5.73 Å². The largest absolute Gasteiger partial charge is 0.383 e. The van der Waals surface area contributed by atoms with Crippen molar-refractivity contribution in [3.8, 4) is 11.4 Å². The van der Waals surface area contributed by atoms with E-state index in [0.717, 1.165) is 5.69 Å². The maximum absolute atomic E-state index is 6.09. The van der Waals surface area contributed by atoms with Gasteiger partial charge in [-0.05, 0) is 41.1 Å². The summed E-state index contributed by atoms with van der Waals surface area (Å²) in [6.45, 7) is 1.84. The van der Waals surface area contributed by atoms with Gasteiger partial charge in [0, 0.05) is 10.6 Å². The molecule has 2 aromatic rings. The molecular formula is C11H8BrCl2N3. The van der Waals surface area contributed by atoms with Crippen LogP contribution in [0.25, 0.3) is 11.4 Å². The Kier molecular flexibility index (Phi) is 3.56. The van der Waals surface area contributed by atoms with Crippen LogP contribution < -0.4 is 5.73 Å². The van der Waals surface area contributed by atoms with Crippen LogP contribution in [-0.4, -0.2) is 9.97 Å². The maximum atomic E-state index is 6.09. The topological polar surface area (TPSA) is 51.8 Å². The van der Waals surface area contributed by atoms with Crippen molar-refractivity contribution in [2.24, 2.45) is 0 Å². The molecular weight excluding hydrogens is 325 g/mol. The number of benzene rings is 1. The number of halogens is 3. The zero-order valence-electron chi connectivity index (χ0n) is 8.84. The fourth-order valence-corrected chi connectivity index (χ4v) is 2.04. The number of aromatic nitrogens is 2. The van der Waals surface area contributed by atoms with Crippen LogP contribution in [0, 0.1) is 6.92 Å². The summed E-state index contributed by atoms with van der Waals surface area (Å²) < 4.78 is 0.700. The second-order valence-corrected chi connectivity index (χ2v) is 5.09. The van der Waals surface area contributed by atoms with Gasteiger partial charge in [-0.15, -0.1) is 0 Å². The molecule has 0 saturated carbocycles. The minimum absolute atomic E-state index is 0.388. The van der Waals surface area contributed by atoms with E-state index in [-0.39, 0.29) is 0 Å². The van der Waals surface area contributed by atoms with Crippen LogP contribution >= 0.6 is 39.1 Å². The molecule has 88 valence electrons. The number of nitrogens with two attached hydrogens (primary N) is 1. The summed E-state index contributed by atoms with van der Waals surface area (Å²) in [7, 11) is 0. The molecule has 1 aromatic carbocycles. The Morgan fingerprint density at radius 1 is 1.24 bits per heavy atom. The first-order valence-electron chi connectivity index (χ1n) is 4.74. The van der Waals surface area contributed by atoms with Crippen molar-refractivity contribution in [1.29, 1.82) is 0 Å². The molecule has 1 aromatic heterocycles. The van der Waals surface area contributed by atoms with Gasteiger partial charge in [0.15, 0.2) is 5.82 Å². The quantitative estimate of drug-likeness (QED) is 0.855. The Balaban J connectivity index is 2.61. The van der Waals surface area contributed by atoms with Crippen LogP contribution in [0.5, 0.6) is 0 Å². The highest BCUT2D eigenvalue weighted by molar-refractivity contribution is 9.10. The van der Waals surface area contributed by atoms with Crippen molar-refractivity contribution in [1.82, 2.24) is 9.97 Å². The highest BCUT2D eigenvalue weighted by Crippen LogP contribution is 2.30. The molecule has 3 nitrogen and oxygen atoms in total. The molecule has 0 atom stereocenters. The van der Waals surface area contributed by atoms with Crippen LogP contribution in [0.15, 0.2) is 22.7 Å². The summed E-state index contributed by atoms with van der Waals surface area (Å²) in [5.41, 5.74) is 7.24. The lowest BCUT2D eigenvalue weighted by molar-refractivity contribution is 1.10. The molecule has 6 heteroatoms. The lowest BCUT2D eigenvalue weighted by atomic mass is 10.2. The van der Waals surface area contributed by atoms with E-state index in [2.05, 4.69) is 25.9 Å². The Bertz CT molecular complexity index is 564. The van der Waals surface area contributed by atoms with Gasteiger partial charge in [0.25, 0.3) is 0 Å². The minimum Gasteiger partial charge on any atom is -0.383 e. The summed E-state index contributed by atoms with van der Waals surface area (Å²) in [6, 6.07) is 5.15. The number of nitrogen functional groups attached to an aromatic ring is 1. The summed E-state index contributed by atoms with van der Waals surface area (Å²) in [5.74, 6) is 0.878. The summed E-state index contributed by atoms with van der Waals surface area (Å²) >= 11 is 15.2. The Hall–Kier alpha value is -0.840. The molecule has 0 aliphatic heterocycles. The normalized spacial score (nSPS) is 10.6. The average Bonchev–Trinajstić information content (AvgIpc) is 2.25. The van der Waals surface area contributed by atoms with Gasteiger partial charge in [-0.3, -0.25) is 0 Å². The van der Waals surface area contributed by atoms with E-state index >= 15 is 0 Å². The van der Waals surface area contributed by atoms with E-state index in [0.29, 0.717) is 31.7 Å². The molecule has 0 saturated heterocycles. The fourth-order valence-electron chi connectivity index (χ4n) is 1.37. The molecule has 2 rings (SSSR count). The molecule has 0 radical (unpaired) electrons. The summed E-state index contributed by atoms with van der Waals surface area (Å²) in [4.78, 5) is 8.52. The van der Waals surface area contributed by atoms with Gasteiger partial charge in [0.05, 0.1) is 15.2 Å². The highest BCUT2D eigenvalue weighted by Gasteiger charge is 2.11. The molecule has 1 heterocycles. The van der Waals surface area contributed by atoms with Crippen LogP contribution in [0.3, 0.4) is 0 Å². The zero-order valence-corrected chi connectivity index (χ0v) is 11.9. The Morgan fingerprint density at radius 2 is 1.94 bits per heavy atom. The molecule has 0 amide bonds. The number of nitrogens with zero attached hydrogens (tertiary/aromatic N) is 2. The molecule has 2 N–H and O–H groups in total. The fraction of sp³-hybridized carbons (Fsp3) is 0.0909. The van der Waals surface area contributed by atoms with Crippen LogP contribution in [0.1, 0.15) is 5.69 Å². The van der Waals surface area contributed by atoms with Crippen LogP contribution in [0.2, 0.25) is 10.0 Å². The van der Waals surface area contributed by atoms with Crippen molar-refractivity contribution in [2.45, 2.75) is 6.92 Å². The predicted octanol–water partition coefficient (Wildman–Crippen LogP) is 4.10.